The monoisotopic (exact) mass is 337 g/mol. The number of aromatic nitrogens is 4. The van der Waals surface area contributed by atoms with E-state index >= 15 is 0 Å². The van der Waals surface area contributed by atoms with Gasteiger partial charge in [0, 0.05) is 12.3 Å². The SMILES string of the molecule is Cc1c(C(=O)Nc2ccccn2)nnn1-c1ccc2c(c1)OCCO2. The van der Waals surface area contributed by atoms with E-state index in [2.05, 4.69) is 20.6 Å². The molecule has 2 aromatic heterocycles. The van der Waals surface area contributed by atoms with E-state index in [0.717, 1.165) is 5.69 Å². The van der Waals surface area contributed by atoms with Crippen molar-refractivity contribution in [2.45, 2.75) is 6.92 Å². The summed E-state index contributed by atoms with van der Waals surface area (Å²) in [6, 6.07) is 10.8. The van der Waals surface area contributed by atoms with Crippen molar-refractivity contribution in [1.82, 2.24) is 20.0 Å². The number of carbonyl (C=O) groups excluding carboxylic acids is 1. The van der Waals surface area contributed by atoms with Gasteiger partial charge in [0.2, 0.25) is 0 Å². The summed E-state index contributed by atoms with van der Waals surface area (Å²) in [5.41, 5.74) is 1.59. The average Bonchev–Trinajstić information content (AvgIpc) is 3.04. The maximum Gasteiger partial charge on any atom is 0.279 e. The van der Waals surface area contributed by atoms with E-state index in [4.69, 9.17) is 9.47 Å². The Hall–Kier alpha value is -3.42. The van der Waals surface area contributed by atoms with Crippen molar-refractivity contribution in [3.8, 4) is 17.2 Å². The van der Waals surface area contributed by atoms with E-state index in [9.17, 15) is 4.79 Å². The van der Waals surface area contributed by atoms with Crippen LogP contribution in [0.4, 0.5) is 5.82 Å². The first-order valence-electron chi connectivity index (χ1n) is 7.77. The molecular weight excluding hydrogens is 322 g/mol. The minimum Gasteiger partial charge on any atom is -0.486 e. The lowest BCUT2D eigenvalue weighted by atomic mass is 10.2. The first kappa shape index (κ1) is 15.1. The van der Waals surface area contributed by atoms with Gasteiger partial charge < -0.3 is 14.8 Å². The molecule has 0 saturated heterocycles. The van der Waals surface area contributed by atoms with Gasteiger partial charge in [-0.2, -0.15) is 0 Å². The summed E-state index contributed by atoms with van der Waals surface area (Å²) in [5.74, 6) is 1.44. The summed E-state index contributed by atoms with van der Waals surface area (Å²) < 4.78 is 12.7. The second-order valence-corrected chi connectivity index (χ2v) is 5.43. The van der Waals surface area contributed by atoms with Crippen LogP contribution in [0.3, 0.4) is 0 Å². The number of benzene rings is 1. The molecule has 4 rings (SSSR count). The molecule has 8 heteroatoms. The molecule has 0 unspecified atom stereocenters. The molecule has 1 aromatic carbocycles. The Bertz CT molecular complexity index is 923. The van der Waals surface area contributed by atoms with Crippen LogP contribution in [0.1, 0.15) is 16.2 Å². The van der Waals surface area contributed by atoms with Gasteiger partial charge >= 0.3 is 0 Å². The number of nitrogens with zero attached hydrogens (tertiary/aromatic N) is 4. The van der Waals surface area contributed by atoms with Gasteiger partial charge in [0.15, 0.2) is 17.2 Å². The molecule has 1 aliphatic heterocycles. The summed E-state index contributed by atoms with van der Waals surface area (Å²) in [5, 5.41) is 10.8. The second-order valence-electron chi connectivity index (χ2n) is 5.43. The number of fused-ring (bicyclic) bond motifs is 1. The number of rotatable bonds is 3. The molecule has 126 valence electrons. The topological polar surface area (TPSA) is 91.2 Å². The number of amides is 1. The highest BCUT2D eigenvalue weighted by atomic mass is 16.6. The summed E-state index contributed by atoms with van der Waals surface area (Å²) in [6.07, 6.45) is 1.61. The van der Waals surface area contributed by atoms with Crippen LogP contribution in [0.25, 0.3) is 5.69 Å². The third kappa shape index (κ3) is 2.89. The highest BCUT2D eigenvalue weighted by Crippen LogP contribution is 2.32. The van der Waals surface area contributed by atoms with Gasteiger partial charge in [0.1, 0.15) is 19.0 Å². The molecule has 3 heterocycles. The van der Waals surface area contributed by atoms with E-state index in [-0.39, 0.29) is 11.6 Å². The molecule has 1 amide bonds. The molecule has 0 spiro atoms. The summed E-state index contributed by atoms with van der Waals surface area (Å²) in [6.45, 7) is 2.82. The van der Waals surface area contributed by atoms with Crippen molar-refractivity contribution in [3.05, 3.63) is 54.0 Å². The largest absolute Gasteiger partial charge is 0.486 e. The molecule has 1 N–H and O–H groups in total. The molecule has 25 heavy (non-hydrogen) atoms. The van der Waals surface area contributed by atoms with Crippen LogP contribution in [0.2, 0.25) is 0 Å². The van der Waals surface area contributed by atoms with Crippen molar-refractivity contribution < 1.29 is 14.3 Å². The molecule has 0 atom stereocenters. The van der Waals surface area contributed by atoms with Gasteiger partial charge in [-0.3, -0.25) is 4.79 Å². The predicted molar refractivity (Wildman–Crippen MR) is 89.3 cm³/mol. The molecule has 0 saturated carbocycles. The maximum absolute atomic E-state index is 12.4. The van der Waals surface area contributed by atoms with Crippen LogP contribution in [0.5, 0.6) is 11.5 Å². The van der Waals surface area contributed by atoms with E-state index in [1.807, 2.05) is 18.2 Å². The molecule has 8 nitrogen and oxygen atoms in total. The average molecular weight is 337 g/mol. The highest BCUT2D eigenvalue weighted by Gasteiger charge is 2.19. The standard InChI is InChI=1S/C17H15N5O3/c1-11-16(17(23)19-15-4-2-3-7-18-15)20-21-22(11)12-5-6-13-14(10-12)25-9-8-24-13/h2-7,10H,8-9H2,1H3,(H,18,19,23). The van der Waals surface area contributed by atoms with Gasteiger partial charge in [0.25, 0.3) is 5.91 Å². The van der Waals surface area contributed by atoms with Crippen molar-refractivity contribution >= 4 is 11.7 Å². The first-order valence-corrected chi connectivity index (χ1v) is 7.77. The van der Waals surface area contributed by atoms with Gasteiger partial charge in [-0.15, -0.1) is 5.10 Å². The Labute approximate surface area is 143 Å². The van der Waals surface area contributed by atoms with Crippen LogP contribution >= 0.6 is 0 Å². The van der Waals surface area contributed by atoms with Crippen molar-refractivity contribution in [3.63, 3.8) is 0 Å². The molecule has 0 radical (unpaired) electrons. The number of nitrogens with one attached hydrogen (secondary N) is 1. The lowest BCUT2D eigenvalue weighted by Crippen LogP contribution is -2.16. The number of ether oxygens (including phenoxy) is 2. The molecule has 0 aliphatic carbocycles. The molecular formula is C17H15N5O3. The zero-order chi connectivity index (χ0) is 17.2. The molecule has 1 aliphatic rings. The summed E-state index contributed by atoms with van der Waals surface area (Å²) in [7, 11) is 0. The van der Waals surface area contributed by atoms with E-state index in [1.54, 1.807) is 36.0 Å². The van der Waals surface area contributed by atoms with Gasteiger partial charge in [-0.1, -0.05) is 11.3 Å². The van der Waals surface area contributed by atoms with Crippen molar-refractivity contribution in [2.24, 2.45) is 0 Å². The minimum atomic E-state index is -0.361. The second kappa shape index (κ2) is 6.23. The summed E-state index contributed by atoms with van der Waals surface area (Å²) >= 11 is 0. The van der Waals surface area contributed by atoms with Crippen LogP contribution in [-0.4, -0.2) is 39.1 Å². The molecule has 0 fully saturated rings. The fraction of sp³-hybridized carbons (Fsp3) is 0.176. The van der Waals surface area contributed by atoms with E-state index < -0.39 is 0 Å². The Kier molecular flexibility index (Phi) is 3.77. The fourth-order valence-corrected chi connectivity index (χ4v) is 2.56. The Morgan fingerprint density at radius 3 is 2.80 bits per heavy atom. The number of hydrogen-bond acceptors (Lipinski definition) is 6. The van der Waals surface area contributed by atoms with Gasteiger partial charge in [-0.25, -0.2) is 9.67 Å². The zero-order valence-electron chi connectivity index (χ0n) is 13.5. The van der Waals surface area contributed by atoms with Crippen LogP contribution in [-0.2, 0) is 0 Å². The third-order valence-corrected chi connectivity index (χ3v) is 3.79. The van der Waals surface area contributed by atoms with Crippen molar-refractivity contribution in [2.75, 3.05) is 18.5 Å². The summed E-state index contributed by atoms with van der Waals surface area (Å²) in [4.78, 5) is 16.5. The van der Waals surface area contributed by atoms with Gasteiger partial charge in [-0.05, 0) is 31.2 Å². The molecule has 0 bridgehead atoms. The lowest BCUT2D eigenvalue weighted by Gasteiger charge is -2.18. The number of hydrogen-bond donors (Lipinski definition) is 1. The predicted octanol–water partition coefficient (Wildman–Crippen LogP) is 1.99. The normalized spacial score (nSPS) is 12.7. The van der Waals surface area contributed by atoms with Crippen LogP contribution in [0, 0.1) is 6.92 Å². The fourth-order valence-electron chi connectivity index (χ4n) is 2.56. The lowest BCUT2D eigenvalue weighted by molar-refractivity contribution is 0.102. The minimum absolute atomic E-state index is 0.237. The van der Waals surface area contributed by atoms with Gasteiger partial charge in [0.05, 0.1) is 11.4 Å². The Morgan fingerprint density at radius 1 is 1.16 bits per heavy atom. The quantitative estimate of drug-likeness (QED) is 0.786. The maximum atomic E-state index is 12.4. The Balaban J connectivity index is 1.62. The van der Waals surface area contributed by atoms with Crippen LogP contribution < -0.4 is 14.8 Å². The zero-order valence-corrected chi connectivity index (χ0v) is 13.5. The molecule has 3 aromatic rings. The highest BCUT2D eigenvalue weighted by molar-refractivity contribution is 6.03. The van der Waals surface area contributed by atoms with Crippen LogP contribution in [0.15, 0.2) is 42.6 Å². The number of carbonyl (C=O) groups is 1. The smallest absolute Gasteiger partial charge is 0.279 e. The first-order chi connectivity index (χ1) is 12.2. The third-order valence-electron chi connectivity index (χ3n) is 3.79. The van der Waals surface area contributed by atoms with E-state index in [0.29, 0.717) is 36.2 Å². The Morgan fingerprint density at radius 2 is 2.00 bits per heavy atom. The van der Waals surface area contributed by atoms with Crippen molar-refractivity contribution in [1.29, 1.82) is 0 Å². The van der Waals surface area contributed by atoms with E-state index in [1.165, 1.54) is 0 Å². The number of anilines is 1. The number of pyridine rings is 1.